The molecule has 0 N–H and O–H groups in total. The summed E-state index contributed by atoms with van der Waals surface area (Å²) in [5.74, 6) is 0.404. The summed E-state index contributed by atoms with van der Waals surface area (Å²) in [4.78, 5) is 17.3. The van der Waals surface area contributed by atoms with Crippen LogP contribution < -0.4 is 4.74 Å². The second kappa shape index (κ2) is 7.12. The number of hydrogen-bond donors (Lipinski definition) is 1. The van der Waals surface area contributed by atoms with Crippen molar-refractivity contribution in [3.63, 3.8) is 0 Å². The fourth-order valence-corrected chi connectivity index (χ4v) is 3.35. The first-order valence-corrected chi connectivity index (χ1v) is 7.41. The Hall–Kier alpha value is -0.790. The van der Waals surface area contributed by atoms with Crippen LogP contribution in [0.15, 0.2) is 16.6 Å². The quantitative estimate of drug-likeness (QED) is 0.503. The molecule has 0 bridgehead atoms. The van der Waals surface area contributed by atoms with Gasteiger partial charge in [-0.15, -0.1) is 24.0 Å². The third-order valence-corrected chi connectivity index (χ3v) is 4.44. The van der Waals surface area contributed by atoms with Crippen LogP contribution in [0.1, 0.15) is 24.0 Å². The van der Waals surface area contributed by atoms with Crippen LogP contribution in [-0.4, -0.2) is 23.5 Å². The molecule has 0 aromatic carbocycles. The minimum atomic E-state index is -0.343. The van der Waals surface area contributed by atoms with Crippen molar-refractivity contribution in [2.75, 3.05) is 12.5 Å². The van der Waals surface area contributed by atoms with Gasteiger partial charge in [-0.25, -0.2) is 9.78 Å². The molecule has 0 aliphatic rings. The zero-order valence-electron chi connectivity index (χ0n) is 9.47. The number of fused-ring (bicyclic) bond motifs is 1. The van der Waals surface area contributed by atoms with E-state index < -0.39 is 0 Å². The van der Waals surface area contributed by atoms with Crippen LogP contribution in [0.5, 0.6) is 5.88 Å². The Morgan fingerprint density at radius 2 is 2.26 bits per heavy atom. The summed E-state index contributed by atoms with van der Waals surface area (Å²) >= 11 is 8.64. The first-order valence-electron chi connectivity index (χ1n) is 5.17. The van der Waals surface area contributed by atoms with Crippen LogP contribution >= 0.6 is 39.9 Å². The van der Waals surface area contributed by atoms with Crippen molar-refractivity contribution >= 4 is 56.1 Å². The first-order chi connectivity index (χ1) is 8.67. The van der Waals surface area contributed by atoms with Gasteiger partial charge in [-0.1, -0.05) is 7.43 Å². The molecule has 0 radical (unpaired) electrons. The average Bonchev–Trinajstić information content (AvgIpc) is 2.67. The molecule has 0 fully saturated rings. The third kappa shape index (κ3) is 3.40. The molecule has 0 aliphatic carbocycles. The number of rotatable bonds is 4. The summed E-state index contributed by atoms with van der Waals surface area (Å²) in [5, 5.41) is 0.870. The predicted molar refractivity (Wildman–Crippen MR) is 84.5 cm³/mol. The van der Waals surface area contributed by atoms with Gasteiger partial charge in [0.1, 0.15) is 15.6 Å². The van der Waals surface area contributed by atoms with Crippen LogP contribution in [0.25, 0.3) is 10.2 Å². The van der Waals surface area contributed by atoms with Crippen LogP contribution in [0.3, 0.4) is 0 Å². The van der Waals surface area contributed by atoms with Crippen molar-refractivity contribution in [2.45, 2.75) is 14.4 Å². The molecule has 19 heavy (non-hydrogen) atoms. The van der Waals surface area contributed by atoms with Gasteiger partial charge in [0.25, 0.3) is 0 Å². The minimum absolute atomic E-state index is 0. The van der Waals surface area contributed by atoms with Gasteiger partial charge in [0, 0.05) is 11.5 Å². The number of carbonyl (C=O) groups is 1. The molecular weight excluding hydrogens is 350 g/mol. The number of hydrogen-bond acceptors (Lipinski definition) is 6. The van der Waals surface area contributed by atoms with Crippen molar-refractivity contribution in [2.24, 2.45) is 0 Å². The smallest absolute Gasteiger partial charge is 0.349 e. The number of thiol groups is 1. The topological polar surface area (TPSA) is 48.4 Å². The van der Waals surface area contributed by atoms with Gasteiger partial charge < -0.3 is 9.47 Å². The minimum Gasteiger partial charge on any atom is -0.467 e. The van der Waals surface area contributed by atoms with Gasteiger partial charge in [0.05, 0.1) is 11.1 Å². The molecule has 0 atom stereocenters. The Morgan fingerprint density at radius 1 is 1.53 bits per heavy atom. The molecule has 2 heterocycles. The second-order valence-corrected chi connectivity index (χ2v) is 5.29. The van der Waals surface area contributed by atoms with Crippen LogP contribution in [0.4, 0.5) is 0 Å². The number of esters is 1. The monoisotopic (exact) mass is 363 g/mol. The van der Waals surface area contributed by atoms with Gasteiger partial charge in [0.15, 0.2) is 0 Å². The summed E-state index contributed by atoms with van der Waals surface area (Å²) in [6.45, 7) is 2.12. The lowest BCUT2D eigenvalue weighted by Crippen LogP contribution is -2.02. The van der Waals surface area contributed by atoms with E-state index in [4.69, 9.17) is 9.47 Å². The number of thiophene rings is 1. The van der Waals surface area contributed by atoms with E-state index in [0.717, 1.165) is 10.2 Å². The largest absolute Gasteiger partial charge is 0.467 e. The Balaban J connectivity index is 0.00000180. The summed E-state index contributed by atoms with van der Waals surface area (Å²) in [6, 6.07) is 3.59. The Labute approximate surface area is 129 Å². The molecule has 2 rings (SSSR count). The van der Waals surface area contributed by atoms with E-state index in [1.807, 2.05) is 6.07 Å². The Morgan fingerprint density at radius 3 is 2.89 bits per heavy atom. The highest BCUT2D eigenvalue weighted by Crippen LogP contribution is 2.36. The molecule has 0 saturated heterocycles. The number of halogens is 1. The van der Waals surface area contributed by atoms with E-state index in [-0.39, 0.29) is 19.3 Å². The Kier molecular flexibility index (Phi) is 6.09. The highest BCUT2D eigenvalue weighted by Gasteiger charge is 2.18. The fourth-order valence-electron chi connectivity index (χ4n) is 1.41. The van der Waals surface area contributed by atoms with E-state index in [1.54, 1.807) is 13.0 Å². The lowest BCUT2D eigenvalue weighted by atomic mass is 10.3. The SMILES string of the molecule is C.CCOC(=O)c1sc2nc(OCS)ccc2c1Br. The summed E-state index contributed by atoms with van der Waals surface area (Å²) in [5.41, 5.74) is 0. The molecular formula is C12H14BrNO3S2. The molecule has 7 heteroatoms. The van der Waals surface area contributed by atoms with E-state index in [9.17, 15) is 4.79 Å². The number of nitrogens with zero attached hydrogens (tertiary/aromatic N) is 1. The lowest BCUT2D eigenvalue weighted by Gasteiger charge is -1.99. The predicted octanol–water partition coefficient (Wildman–Crippen LogP) is 4.14. The number of aromatic nitrogens is 1. The highest BCUT2D eigenvalue weighted by molar-refractivity contribution is 9.10. The third-order valence-electron chi connectivity index (χ3n) is 2.14. The summed E-state index contributed by atoms with van der Waals surface area (Å²) < 4.78 is 10.9. The Bertz CT molecular complexity index is 586. The molecule has 0 unspecified atom stereocenters. The van der Waals surface area contributed by atoms with Gasteiger partial charge in [-0.05, 0) is 28.9 Å². The van der Waals surface area contributed by atoms with Crippen molar-refractivity contribution in [3.05, 3.63) is 21.5 Å². The van der Waals surface area contributed by atoms with Crippen LogP contribution in [-0.2, 0) is 4.74 Å². The maximum atomic E-state index is 11.7. The first kappa shape index (κ1) is 16.3. The molecule has 0 amide bonds. The number of ether oxygens (including phenoxy) is 2. The zero-order valence-corrected chi connectivity index (χ0v) is 12.8. The average molecular weight is 364 g/mol. The van der Waals surface area contributed by atoms with Gasteiger partial charge in [0.2, 0.25) is 5.88 Å². The van der Waals surface area contributed by atoms with E-state index in [1.165, 1.54) is 11.3 Å². The molecule has 2 aromatic heterocycles. The maximum Gasteiger partial charge on any atom is 0.349 e. The molecule has 0 saturated carbocycles. The lowest BCUT2D eigenvalue weighted by molar-refractivity contribution is 0.0531. The standard InChI is InChI=1S/C11H10BrNO3S2.CH4/c1-2-15-11(14)9-8(12)6-3-4-7(16-5-17)13-10(6)18-9;/h3-4,17H,2,5H2,1H3;1H4. The number of carbonyl (C=O) groups excluding carboxylic acids is 1. The van der Waals surface area contributed by atoms with Crippen LogP contribution in [0.2, 0.25) is 0 Å². The van der Waals surface area contributed by atoms with Gasteiger partial charge in [-0.3, -0.25) is 0 Å². The van der Waals surface area contributed by atoms with Gasteiger partial charge >= 0.3 is 5.97 Å². The van der Waals surface area contributed by atoms with Crippen molar-refractivity contribution in [3.8, 4) is 5.88 Å². The molecule has 4 nitrogen and oxygen atoms in total. The molecule has 104 valence electrons. The zero-order chi connectivity index (χ0) is 13.1. The van der Waals surface area contributed by atoms with Crippen molar-refractivity contribution in [1.82, 2.24) is 4.98 Å². The number of pyridine rings is 1. The van der Waals surface area contributed by atoms with Crippen molar-refractivity contribution in [1.29, 1.82) is 0 Å². The maximum absolute atomic E-state index is 11.7. The molecule has 2 aromatic rings. The van der Waals surface area contributed by atoms with E-state index in [2.05, 4.69) is 33.5 Å². The van der Waals surface area contributed by atoms with E-state index >= 15 is 0 Å². The molecule has 0 spiro atoms. The summed E-state index contributed by atoms with van der Waals surface area (Å²) in [6.07, 6.45) is 0. The molecule has 0 aliphatic heterocycles. The van der Waals surface area contributed by atoms with E-state index in [0.29, 0.717) is 21.8 Å². The summed E-state index contributed by atoms with van der Waals surface area (Å²) in [7, 11) is 0. The second-order valence-electron chi connectivity index (χ2n) is 3.24. The highest BCUT2D eigenvalue weighted by atomic mass is 79.9. The van der Waals surface area contributed by atoms with Crippen molar-refractivity contribution < 1.29 is 14.3 Å². The van der Waals surface area contributed by atoms with Gasteiger partial charge in [-0.2, -0.15) is 0 Å². The fraction of sp³-hybridized carbons (Fsp3) is 0.333. The normalized spacial score (nSPS) is 10.1. The van der Waals surface area contributed by atoms with Crippen LogP contribution in [0, 0.1) is 0 Å².